The number of benzene rings is 2. The molecule has 2 aromatic rings. The normalized spacial score (nSPS) is 11.1. The zero-order valence-corrected chi connectivity index (χ0v) is 16.3. The lowest BCUT2D eigenvalue weighted by atomic mass is 10.3. The number of sulfonamides is 1. The van der Waals surface area contributed by atoms with Crippen molar-refractivity contribution in [1.82, 2.24) is 4.72 Å². The van der Waals surface area contributed by atoms with Crippen LogP contribution in [-0.4, -0.2) is 35.8 Å². The maximum atomic E-state index is 12.3. The highest BCUT2D eigenvalue weighted by Crippen LogP contribution is 2.23. The van der Waals surface area contributed by atoms with Crippen molar-refractivity contribution in [3.8, 4) is 17.2 Å². The summed E-state index contributed by atoms with van der Waals surface area (Å²) in [4.78, 5) is 0.189. The first-order valence-corrected chi connectivity index (χ1v) is 9.62. The van der Waals surface area contributed by atoms with Crippen LogP contribution < -0.4 is 18.9 Å². The molecule has 2 rings (SSSR count). The van der Waals surface area contributed by atoms with Crippen molar-refractivity contribution >= 4 is 32.6 Å². The Kier molecular flexibility index (Phi) is 6.69. The second-order valence-corrected chi connectivity index (χ2v) is 7.65. The van der Waals surface area contributed by atoms with E-state index in [1.165, 1.54) is 6.07 Å². The summed E-state index contributed by atoms with van der Waals surface area (Å²) in [7, 11) is -0.476. The van der Waals surface area contributed by atoms with E-state index < -0.39 is 10.0 Å². The Labute approximate surface area is 155 Å². The zero-order valence-electron chi connectivity index (χ0n) is 13.3. The standard InChI is InChI=1S/C16H18INO5S/c1-21-12-4-3-5-13(10-12)23-9-8-18-24(19,20)14-6-7-16(22-2)15(17)11-14/h3-7,10-11,18H,8-9H2,1-2H3. The molecule has 2 aromatic carbocycles. The maximum absolute atomic E-state index is 12.3. The van der Waals surface area contributed by atoms with Gasteiger partial charge in [0, 0.05) is 12.6 Å². The summed E-state index contributed by atoms with van der Waals surface area (Å²) < 4.78 is 43.5. The monoisotopic (exact) mass is 463 g/mol. The molecule has 0 bridgehead atoms. The third-order valence-corrected chi connectivity index (χ3v) is 5.44. The molecule has 8 heteroatoms. The number of halogens is 1. The lowest BCUT2D eigenvalue weighted by molar-refractivity contribution is 0.320. The van der Waals surface area contributed by atoms with Crippen molar-refractivity contribution in [3.05, 3.63) is 46.0 Å². The van der Waals surface area contributed by atoms with Gasteiger partial charge in [-0.05, 0) is 52.9 Å². The summed E-state index contributed by atoms with van der Waals surface area (Å²) in [5.41, 5.74) is 0. The fourth-order valence-corrected chi connectivity index (χ4v) is 3.92. The summed E-state index contributed by atoms with van der Waals surface area (Å²) in [5, 5.41) is 0. The molecular formula is C16H18INO5S. The molecule has 0 atom stereocenters. The van der Waals surface area contributed by atoms with Gasteiger partial charge in [0.25, 0.3) is 0 Å². The van der Waals surface area contributed by atoms with Crippen LogP contribution in [0.4, 0.5) is 0 Å². The van der Waals surface area contributed by atoms with Gasteiger partial charge in [-0.1, -0.05) is 6.07 Å². The van der Waals surface area contributed by atoms with Gasteiger partial charge in [0.2, 0.25) is 10.0 Å². The van der Waals surface area contributed by atoms with Crippen molar-refractivity contribution in [3.63, 3.8) is 0 Å². The first-order valence-electron chi connectivity index (χ1n) is 7.06. The van der Waals surface area contributed by atoms with Gasteiger partial charge in [-0.3, -0.25) is 0 Å². The minimum atomic E-state index is -3.59. The molecule has 0 fully saturated rings. The molecule has 130 valence electrons. The van der Waals surface area contributed by atoms with Gasteiger partial charge in [0.05, 0.1) is 22.7 Å². The topological polar surface area (TPSA) is 73.9 Å². The molecule has 1 N–H and O–H groups in total. The Balaban J connectivity index is 1.92. The minimum Gasteiger partial charge on any atom is -0.497 e. The third-order valence-electron chi connectivity index (χ3n) is 3.14. The summed E-state index contributed by atoms with van der Waals surface area (Å²) in [5.74, 6) is 1.93. The predicted molar refractivity (Wildman–Crippen MR) is 99.4 cm³/mol. The van der Waals surface area contributed by atoms with E-state index in [4.69, 9.17) is 14.2 Å². The largest absolute Gasteiger partial charge is 0.497 e. The third kappa shape index (κ3) is 4.99. The van der Waals surface area contributed by atoms with Crippen molar-refractivity contribution < 1.29 is 22.6 Å². The molecule has 0 radical (unpaired) electrons. The average Bonchev–Trinajstić information content (AvgIpc) is 2.59. The molecule has 0 amide bonds. The Morgan fingerprint density at radius 1 is 1.04 bits per heavy atom. The van der Waals surface area contributed by atoms with Crippen LogP contribution in [0.15, 0.2) is 47.4 Å². The Morgan fingerprint density at radius 2 is 1.79 bits per heavy atom. The summed E-state index contributed by atoms with van der Waals surface area (Å²) >= 11 is 2.03. The molecule has 0 aliphatic rings. The maximum Gasteiger partial charge on any atom is 0.240 e. The summed E-state index contributed by atoms with van der Waals surface area (Å²) in [6, 6.07) is 11.8. The van der Waals surface area contributed by atoms with Crippen molar-refractivity contribution in [2.24, 2.45) is 0 Å². The Morgan fingerprint density at radius 3 is 2.46 bits per heavy atom. The molecule has 0 spiro atoms. The number of methoxy groups -OCH3 is 2. The molecule has 0 aliphatic carbocycles. The second-order valence-electron chi connectivity index (χ2n) is 4.72. The fraction of sp³-hybridized carbons (Fsp3) is 0.250. The van der Waals surface area contributed by atoms with Crippen LogP contribution in [0.2, 0.25) is 0 Å². The fourth-order valence-electron chi connectivity index (χ4n) is 1.93. The highest BCUT2D eigenvalue weighted by molar-refractivity contribution is 14.1. The number of nitrogens with one attached hydrogen (secondary N) is 1. The molecule has 0 saturated carbocycles. The second kappa shape index (κ2) is 8.54. The summed E-state index contributed by atoms with van der Waals surface area (Å²) in [6.45, 7) is 0.363. The van der Waals surface area contributed by atoms with Gasteiger partial charge in [0.1, 0.15) is 23.9 Å². The van der Waals surface area contributed by atoms with Crippen LogP contribution in [-0.2, 0) is 10.0 Å². The predicted octanol–water partition coefficient (Wildman–Crippen LogP) is 2.67. The van der Waals surface area contributed by atoms with Crippen LogP contribution >= 0.6 is 22.6 Å². The number of rotatable bonds is 8. The molecule has 0 aromatic heterocycles. The van der Waals surface area contributed by atoms with E-state index in [1.54, 1.807) is 50.6 Å². The van der Waals surface area contributed by atoms with E-state index in [-0.39, 0.29) is 18.0 Å². The Hall–Kier alpha value is -1.52. The van der Waals surface area contributed by atoms with E-state index in [0.717, 1.165) is 3.57 Å². The quantitative estimate of drug-likeness (QED) is 0.482. The highest BCUT2D eigenvalue weighted by atomic mass is 127. The van der Waals surface area contributed by atoms with Crippen LogP contribution in [0, 0.1) is 3.57 Å². The molecule has 0 aliphatic heterocycles. The van der Waals surface area contributed by atoms with E-state index in [0.29, 0.717) is 17.2 Å². The van der Waals surface area contributed by atoms with Crippen molar-refractivity contribution in [2.45, 2.75) is 4.90 Å². The first kappa shape index (κ1) is 18.8. The molecule has 0 heterocycles. The SMILES string of the molecule is COc1cccc(OCCNS(=O)(=O)c2ccc(OC)c(I)c2)c1. The zero-order chi connectivity index (χ0) is 17.6. The molecule has 6 nitrogen and oxygen atoms in total. The van der Waals surface area contributed by atoms with E-state index in [2.05, 4.69) is 4.72 Å². The number of hydrogen-bond acceptors (Lipinski definition) is 5. The lowest BCUT2D eigenvalue weighted by Gasteiger charge is -2.10. The van der Waals surface area contributed by atoms with Crippen LogP contribution in [0.3, 0.4) is 0 Å². The van der Waals surface area contributed by atoms with Gasteiger partial charge in [-0.25, -0.2) is 13.1 Å². The molecule has 0 unspecified atom stereocenters. The summed E-state index contributed by atoms with van der Waals surface area (Å²) in [6.07, 6.45) is 0. The van der Waals surface area contributed by atoms with Crippen LogP contribution in [0.5, 0.6) is 17.2 Å². The number of ether oxygens (including phenoxy) is 3. The Bertz CT molecular complexity index is 795. The van der Waals surface area contributed by atoms with Crippen LogP contribution in [0.25, 0.3) is 0 Å². The van der Waals surface area contributed by atoms with Gasteiger partial charge < -0.3 is 14.2 Å². The minimum absolute atomic E-state index is 0.155. The van der Waals surface area contributed by atoms with Gasteiger partial charge in [-0.2, -0.15) is 0 Å². The van der Waals surface area contributed by atoms with E-state index in [1.807, 2.05) is 22.6 Å². The van der Waals surface area contributed by atoms with Gasteiger partial charge in [0.15, 0.2) is 0 Å². The van der Waals surface area contributed by atoms with Crippen molar-refractivity contribution in [2.75, 3.05) is 27.4 Å². The van der Waals surface area contributed by atoms with E-state index >= 15 is 0 Å². The van der Waals surface area contributed by atoms with E-state index in [9.17, 15) is 8.42 Å². The van der Waals surface area contributed by atoms with Gasteiger partial charge >= 0.3 is 0 Å². The smallest absolute Gasteiger partial charge is 0.240 e. The van der Waals surface area contributed by atoms with Gasteiger partial charge in [-0.15, -0.1) is 0 Å². The highest BCUT2D eigenvalue weighted by Gasteiger charge is 2.15. The molecule has 24 heavy (non-hydrogen) atoms. The first-order chi connectivity index (χ1) is 11.5. The average molecular weight is 463 g/mol. The van der Waals surface area contributed by atoms with Crippen LogP contribution in [0.1, 0.15) is 0 Å². The van der Waals surface area contributed by atoms with Crippen molar-refractivity contribution in [1.29, 1.82) is 0 Å². The number of hydrogen-bond donors (Lipinski definition) is 1. The lowest BCUT2D eigenvalue weighted by Crippen LogP contribution is -2.28. The molecule has 0 saturated heterocycles. The molecular weight excluding hydrogens is 445 g/mol.